The highest BCUT2D eigenvalue weighted by molar-refractivity contribution is 7.86. The smallest absolute Gasteiger partial charge is 0.282 e. The van der Waals surface area contributed by atoms with Crippen molar-refractivity contribution in [2.75, 3.05) is 26.7 Å². The van der Waals surface area contributed by atoms with Crippen molar-refractivity contribution in [1.82, 2.24) is 8.61 Å². The maximum Gasteiger partial charge on any atom is 0.282 e. The van der Waals surface area contributed by atoms with Gasteiger partial charge in [0, 0.05) is 32.7 Å². The molecule has 0 spiro atoms. The quantitative estimate of drug-likeness (QED) is 0.825. The van der Waals surface area contributed by atoms with Crippen LogP contribution in [0, 0.1) is 5.92 Å². The molecule has 1 rings (SSSR count). The van der Waals surface area contributed by atoms with Crippen LogP contribution in [0.5, 0.6) is 0 Å². The SMILES string of the molecule is CC1CCN(S(=O)(=O)N(C)C(C)CN)CC1.Cl. The number of likely N-dealkylation sites (N-methyl/N-ethyl adjacent to an activating group) is 1. The number of hydrogen-bond donors (Lipinski definition) is 1. The number of rotatable bonds is 4. The molecule has 1 fully saturated rings. The lowest BCUT2D eigenvalue weighted by molar-refractivity contribution is 0.261. The standard InChI is InChI=1S/C10H23N3O2S.ClH/c1-9-4-6-13(7-5-9)16(14,15)12(3)10(2)8-11;/h9-10H,4-8,11H2,1-3H3;1H. The Kier molecular flexibility index (Phi) is 6.94. The van der Waals surface area contributed by atoms with Gasteiger partial charge in [-0.2, -0.15) is 17.0 Å². The van der Waals surface area contributed by atoms with Gasteiger partial charge in [-0.15, -0.1) is 12.4 Å². The van der Waals surface area contributed by atoms with Crippen molar-refractivity contribution in [3.63, 3.8) is 0 Å². The van der Waals surface area contributed by atoms with E-state index in [0.29, 0.717) is 25.6 Å². The fourth-order valence-corrected chi connectivity index (χ4v) is 3.35. The van der Waals surface area contributed by atoms with Crippen LogP contribution in [0.2, 0.25) is 0 Å². The minimum atomic E-state index is -3.31. The number of halogens is 1. The van der Waals surface area contributed by atoms with Crippen LogP contribution in [0.4, 0.5) is 0 Å². The second-order valence-electron chi connectivity index (χ2n) is 4.69. The van der Waals surface area contributed by atoms with Crippen molar-refractivity contribution in [2.24, 2.45) is 11.7 Å². The first-order valence-corrected chi connectivity index (χ1v) is 7.22. The molecule has 0 aliphatic carbocycles. The maximum absolute atomic E-state index is 12.2. The van der Waals surface area contributed by atoms with Crippen LogP contribution in [0.3, 0.4) is 0 Å². The molecule has 5 nitrogen and oxygen atoms in total. The van der Waals surface area contributed by atoms with Crippen molar-refractivity contribution in [3.05, 3.63) is 0 Å². The van der Waals surface area contributed by atoms with Gasteiger partial charge in [0.2, 0.25) is 0 Å². The average Bonchev–Trinajstić information content (AvgIpc) is 2.27. The summed E-state index contributed by atoms with van der Waals surface area (Å²) >= 11 is 0. The Balaban J connectivity index is 0.00000256. The summed E-state index contributed by atoms with van der Waals surface area (Å²) in [7, 11) is -1.71. The summed E-state index contributed by atoms with van der Waals surface area (Å²) in [6.45, 7) is 5.59. The predicted octanol–water partition coefficient (Wildman–Crippen LogP) is 0.664. The van der Waals surface area contributed by atoms with Crippen molar-refractivity contribution in [1.29, 1.82) is 0 Å². The second-order valence-corrected chi connectivity index (χ2v) is 6.68. The van der Waals surface area contributed by atoms with Gasteiger partial charge in [-0.1, -0.05) is 6.92 Å². The maximum atomic E-state index is 12.2. The van der Waals surface area contributed by atoms with Crippen molar-refractivity contribution in [3.8, 4) is 0 Å². The van der Waals surface area contributed by atoms with E-state index in [9.17, 15) is 8.42 Å². The molecule has 1 aliphatic rings. The summed E-state index contributed by atoms with van der Waals surface area (Å²) in [5, 5.41) is 0. The fourth-order valence-electron chi connectivity index (χ4n) is 1.77. The van der Waals surface area contributed by atoms with Gasteiger partial charge in [-0.3, -0.25) is 0 Å². The van der Waals surface area contributed by atoms with Gasteiger partial charge in [-0.25, -0.2) is 0 Å². The van der Waals surface area contributed by atoms with E-state index in [0.717, 1.165) is 12.8 Å². The van der Waals surface area contributed by atoms with Gasteiger partial charge < -0.3 is 5.73 Å². The monoisotopic (exact) mass is 285 g/mol. The minimum absolute atomic E-state index is 0. The zero-order chi connectivity index (χ0) is 12.3. The van der Waals surface area contributed by atoms with Crippen LogP contribution >= 0.6 is 12.4 Å². The lowest BCUT2D eigenvalue weighted by Crippen LogP contribution is -2.49. The van der Waals surface area contributed by atoms with Gasteiger partial charge in [0.25, 0.3) is 10.2 Å². The molecular formula is C10H24ClN3O2S. The molecule has 2 N–H and O–H groups in total. The number of nitrogens with zero attached hydrogens (tertiary/aromatic N) is 2. The number of nitrogens with two attached hydrogens (primary N) is 1. The summed E-state index contributed by atoms with van der Waals surface area (Å²) in [5.74, 6) is 0.628. The highest BCUT2D eigenvalue weighted by Crippen LogP contribution is 2.20. The lowest BCUT2D eigenvalue weighted by atomic mass is 10.0. The normalized spacial score (nSPS) is 21.2. The Bertz CT molecular complexity index is 316. The molecule has 0 aromatic rings. The third-order valence-electron chi connectivity index (χ3n) is 3.39. The molecule has 1 aliphatic heterocycles. The minimum Gasteiger partial charge on any atom is -0.329 e. The molecule has 0 bridgehead atoms. The molecule has 1 unspecified atom stereocenters. The van der Waals surface area contributed by atoms with Crippen LogP contribution < -0.4 is 5.73 Å². The molecule has 104 valence electrons. The molecular weight excluding hydrogens is 262 g/mol. The molecule has 1 heterocycles. The van der Waals surface area contributed by atoms with Crippen LogP contribution in [-0.4, -0.2) is 49.8 Å². The molecule has 1 saturated heterocycles. The molecule has 1 atom stereocenters. The van der Waals surface area contributed by atoms with E-state index in [1.807, 2.05) is 6.92 Å². The summed E-state index contributed by atoms with van der Waals surface area (Å²) in [6.07, 6.45) is 1.90. The van der Waals surface area contributed by atoms with Gasteiger partial charge in [0.1, 0.15) is 0 Å². The zero-order valence-electron chi connectivity index (χ0n) is 10.8. The van der Waals surface area contributed by atoms with Crippen molar-refractivity contribution in [2.45, 2.75) is 32.7 Å². The van der Waals surface area contributed by atoms with E-state index in [1.54, 1.807) is 11.4 Å². The van der Waals surface area contributed by atoms with Crippen LogP contribution in [0.25, 0.3) is 0 Å². The number of hydrogen-bond acceptors (Lipinski definition) is 3. The summed E-state index contributed by atoms with van der Waals surface area (Å²) in [5.41, 5.74) is 5.50. The molecule has 0 amide bonds. The van der Waals surface area contributed by atoms with E-state index in [2.05, 4.69) is 6.92 Å². The molecule has 7 heteroatoms. The second kappa shape index (κ2) is 6.89. The third-order valence-corrected chi connectivity index (χ3v) is 5.50. The summed E-state index contributed by atoms with van der Waals surface area (Å²) < 4.78 is 27.3. The summed E-state index contributed by atoms with van der Waals surface area (Å²) in [4.78, 5) is 0. The molecule has 0 saturated carbocycles. The highest BCUT2D eigenvalue weighted by Gasteiger charge is 2.31. The van der Waals surface area contributed by atoms with Gasteiger partial charge >= 0.3 is 0 Å². The van der Waals surface area contributed by atoms with Crippen LogP contribution in [-0.2, 0) is 10.2 Å². The Hall–Kier alpha value is 0.120. The molecule has 0 aromatic heterocycles. The first-order chi connectivity index (χ1) is 7.39. The Morgan fingerprint density at radius 3 is 2.29 bits per heavy atom. The van der Waals surface area contributed by atoms with E-state index in [4.69, 9.17) is 5.73 Å². The van der Waals surface area contributed by atoms with Crippen LogP contribution in [0.15, 0.2) is 0 Å². The van der Waals surface area contributed by atoms with Crippen LogP contribution in [0.1, 0.15) is 26.7 Å². The Morgan fingerprint density at radius 1 is 1.41 bits per heavy atom. The van der Waals surface area contributed by atoms with Gasteiger partial charge in [0.05, 0.1) is 0 Å². The third kappa shape index (κ3) is 4.06. The van der Waals surface area contributed by atoms with Crippen molar-refractivity contribution >= 4 is 22.6 Å². The Labute approximate surface area is 111 Å². The number of piperidine rings is 1. The predicted molar refractivity (Wildman–Crippen MR) is 72.4 cm³/mol. The van der Waals surface area contributed by atoms with E-state index in [1.165, 1.54) is 4.31 Å². The molecule has 0 aromatic carbocycles. The topological polar surface area (TPSA) is 66.6 Å². The Morgan fingerprint density at radius 2 is 1.88 bits per heavy atom. The van der Waals surface area contributed by atoms with E-state index >= 15 is 0 Å². The first-order valence-electron chi connectivity index (χ1n) is 5.82. The van der Waals surface area contributed by atoms with Gasteiger partial charge in [0.15, 0.2) is 0 Å². The lowest BCUT2D eigenvalue weighted by Gasteiger charge is -2.34. The van der Waals surface area contributed by atoms with Crippen molar-refractivity contribution < 1.29 is 8.42 Å². The van der Waals surface area contributed by atoms with Gasteiger partial charge in [-0.05, 0) is 25.7 Å². The summed E-state index contributed by atoms with van der Waals surface area (Å²) in [6, 6.07) is -0.149. The first kappa shape index (κ1) is 17.1. The van der Waals surface area contributed by atoms with E-state index < -0.39 is 10.2 Å². The zero-order valence-corrected chi connectivity index (χ0v) is 12.4. The molecule has 17 heavy (non-hydrogen) atoms. The fraction of sp³-hybridized carbons (Fsp3) is 1.00. The largest absolute Gasteiger partial charge is 0.329 e. The highest BCUT2D eigenvalue weighted by atomic mass is 35.5. The van der Waals surface area contributed by atoms with E-state index in [-0.39, 0.29) is 18.4 Å². The average molecular weight is 286 g/mol. The molecule has 0 radical (unpaired) electrons.